The lowest BCUT2D eigenvalue weighted by Crippen LogP contribution is -2.44. The number of carbonyl (C=O) groups is 2. The van der Waals surface area contributed by atoms with E-state index in [9.17, 15) is 9.59 Å². The lowest BCUT2D eigenvalue weighted by atomic mass is 9.94. The van der Waals surface area contributed by atoms with Gasteiger partial charge in [-0.15, -0.1) is 0 Å². The van der Waals surface area contributed by atoms with Crippen molar-refractivity contribution in [2.45, 2.75) is 38.6 Å². The number of aryl methyl sites for hydroxylation is 1. The van der Waals surface area contributed by atoms with Gasteiger partial charge in [-0.2, -0.15) is 0 Å². The molecule has 0 aliphatic carbocycles. The Balaban J connectivity index is 2.20. The summed E-state index contributed by atoms with van der Waals surface area (Å²) in [7, 11) is 1.61. The minimum absolute atomic E-state index is 0.0678. The van der Waals surface area contributed by atoms with Gasteiger partial charge in [-0.25, -0.2) is 4.79 Å². The molecule has 1 aromatic carbocycles. The molecule has 6 heteroatoms. The van der Waals surface area contributed by atoms with E-state index in [1.807, 2.05) is 25.1 Å². The minimum atomic E-state index is -0.983. The lowest BCUT2D eigenvalue weighted by molar-refractivity contribution is -0.137. The standard InChI is InChI=1S/C16H21NO5/c1-3-12-5-4-11-10-13(21-2)6-7-14(11)17(12)16(20)22-9-8-15(18)19/h6-7,10,12H,3-5,8-9H2,1-2H3,(H,18,19). The van der Waals surface area contributed by atoms with Gasteiger partial charge in [0.05, 0.1) is 19.2 Å². The summed E-state index contributed by atoms with van der Waals surface area (Å²) < 4.78 is 10.3. The van der Waals surface area contributed by atoms with E-state index >= 15 is 0 Å². The first-order valence-electron chi connectivity index (χ1n) is 7.41. The second kappa shape index (κ2) is 7.15. The topological polar surface area (TPSA) is 76.1 Å². The number of rotatable bonds is 5. The number of fused-ring (bicyclic) bond motifs is 1. The smallest absolute Gasteiger partial charge is 0.414 e. The zero-order valence-electron chi connectivity index (χ0n) is 12.9. The van der Waals surface area contributed by atoms with Gasteiger partial charge in [0.15, 0.2) is 0 Å². The number of anilines is 1. The lowest BCUT2D eigenvalue weighted by Gasteiger charge is -2.36. The molecule has 0 saturated heterocycles. The Morgan fingerprint density at radius 1 is 1.41 bits per heavy atom. The van der Waals surface area contributed by atoms with E-state index in [0.717, 1.165) is 36.3 Å². The van der Waals surface area contributed by atoms with Gasteiger partial charge < -0.3 is 14.6 Å². The predicted molar refractivity (Wildman–Crippen MR) is 81.5 cm³/mol. The molecular formula is C16H21NO5. The fourth-order valence-electron chi connectivity index (χ4n) is 2.70. The van der Waals surface area contributed by atoms with E-state index in [2.05, 4.69) is 0 Å². The van der Waals surface area contributed by atoms with E-state index < -0.39 is 12.1 Å². The van der Waals surface area contributed by atoms with Crippen molar-refractivity contribution in [3.8, 4) is 5.75 Å². The highest BCUT2D eigenvalue weighted by molar-refractivity contribution is 5.90. The van der Waals surface area contributed by atoms with Gasteiger partial charge in [-0.05, 0) is 43.0 Å². The second-order valence-electron chi connectivity index (χ2n) is 5.22. The number of carboxylic acids is 1. The average molecular weight is 307 g/mol. The molecular weight excluding hydrogens is 286 g/mol. The summed E-state index contributed by atoms with van der Waals surface area (Å²) in [4.78, 5) is 24.5. The first-order valence-corrected chi connectivity index (χ1v) is 7.41. The van der Waals surface area contributed by atoms with Crippen molar-refractivity contribution in [2.75, 3.05) is 18.6 Å². The quantitative estimate of drug-likeness (QED) is 0.905. The number of ether oxygens (including phenoxy) is 2. The number of nitrogens with zero attached hydrogens (tertiary/aromatic N) is 1. The summed E-state index contributed by atoms with van der Waals surface area (Å²) >= 11 is 0. The van der Waals surface area contributed by atoms with E-state index in [1.165, 1.54) is 0 Å². The van der Waals surface area contributed by atoms with Crippen molar-refractivity contribution in [2.24, 2.45) is 0 Å². The van der Waals surface area contributed by atoms with Gasteiger partial charge in [-0.1, -0.05) is 6.92 Å². The number of benzene rings is 1. The first kappa shape index (κ1) is 16.1. The molecule has 1 aliphatic heterocycles. The zero-order chi connectivity index (χ0) is 16.1. The van der Waals surface area contributed by atoms with Crippen LogP contribution in [0.4, 0.5) is 10.5 Å². The molecule has 2 rings (SSSR count). The molecule has 1 aromatic rings. The molecule has 1 aliphatic rings. The van der Waals surface area contributed by atoms with Crippen LogP contribution in [0.25, 0.3) is 0 Å². The third-order valence-corrected chi connectivity index (χ3v) is 3.87. The summed E-state index contributed by atoms with van der Waals surface area (Å²) in [5.74, 6) is -0.225. The average Bonchev–Trinajstić information content (AvgIpc) is 2.52. The number of amides is 1. The Labute approximate surface area is 129 Å². The van der Waals surface area contributed by atoms with Crippen LogP contribution >= 0.6 is 0 Å². The summed E-state index contributed by atoms with van der Waals surface area (Å²) in [6.07, 6.45) is 1.87. The number of aliphatic carboxylic acids is 1. The molecule has 6 nitrogen and oxygen atoms in total. The highest BCUT2D eigenvalue weighted by atomic mass is 16.6. The molecule has 0 saturated carbocycles. The highest BCUT2D eigenvalue weighted by Gasteiger charge is 2.31. The fraction of sp³-hybridized carbons (Fsp3) is 0.500. The summed E-state index contributed by atoms with van der Waals surface area (Å²) in [5, 5.41) is 8.63. The maximum absolute atomic E-state index is 12.3. The summed E-state index contributed by atoms with van der Waals surface area (Å²) in [5.41, 5.74) is 1.86. The Morgan fingerprint density at radius 3 is 2.82 bits per heavy atom. The normalized spacial score (nSPS) is 16.8. The van der Waals surface area contributed by atoms with Crippen molar-refractivity contribution in [3.05, 3.63) is 23.8 Å². The van der Waals surface area contributed by atoms with Crippen molar-refractivity contribution < 1.29 is 24.2 Å². The molecule has 22 heavy (non-hydrogen) atoms. The number of carboxylic acid groups (broad SMARTS) is 1. The van der Waals surface area contributed by atoms with Crippen molar-refractivity contribution in [1.82, 2.24) is 0 Å². The van der Waals surface area contributed by atoms with Crippen molar-refractivity contribution in [3.63, 3.8) is 0 Å². The van der Waals surface area contributed by atoms with Gasteiger partial charge >= 0.3 is 12.1 Å². The number of methoxy groups -OCH3 is 1. The van der Waals surface area contributed by atoms with Crippen LogP contribution in [-0.4, -0.2) is 36.9 Å². The Morgan fingerprint density at radius 2 is 2.18 bits per heavy atom. The monoisotopic (exact) mass is 307 g/mol. The van der Waals surface area contributed by atoms with E-state index in [-0.39, 0.29) is 19.1 Å². The zero-order valence-corrected chi connectivity index (χ0v) is 12.9. The predicted octanol–water partition coefficient (Wildman–Crippen LogP) is 2.84. The van der Waals surface area contributed by atoms with E-state index in [0.29, 0.717) is 0 Å². The van der Waals surface area contributed by atoms with Crippen LogP contribution in [0.5, 0.6) is 5.75 Å². The molecule has 1 heterocycles. The SMILES string of the molecule is CCC1CCc2cc(OC)ccc2N1C(=O)OCCC(=O)O. The minimum Gasteiger partial charge on any atom is -0.497 e. The third-order valence-electron chi connectivity index (χ3n) is 3.87. The molecule has 1 N–H and O–H groups in total. The molecule has 0 radical (unpaired) electrons. The Hall–Kier alpha value is -2.24. The van der Waals surface area contributed by atoms with Crippen molar-refractivity contribution >= 4 is 17.7 Å². The fourth-order valence-corrected chi connectivity index (χ4v) is 2.70. The third kappa shape index (κ3) is 3.50. The van der Waals surface area contributed by atoms with Gasteiger partial charge in [0.1, 0.15) is 12.4 Å². The summed E-state index contributed by atoms with van der Waals surface area (Å²) in [6, 6.07) is 5.67. The molecule has 120 valence electrons. The first-order chi connectivity index (χ1) is 10.6. The van der Waals surface area contributed by atoms with Crippen LogP contribution in [0.15, 0.2) is 18.2 Å². The Kier molecular flexibility index (Phi) is 5.25. The van der Waals surface area contributed by atoms with Gasteiger partial charge in [0, 0.05) is 6.04 Å². The molecule has 1 atom stereocenters. The van der Waals surface area contributed by atoms with Crippen LogP contribution in [0.3, 0.4) is 0 Å². The molecule has 0 bridgehead atoms. The maximum atomic E-state index is 12.3. The molecule has 0 spiro atoms. The second-order valence-corrected chi connectivity index (χ2v) is 5.22. The molecule has 1 amide bonds. The largest absolute Gasteiger partial charge is 0.497 e. The van der Waals surface area contributed by atoms with Gasteiger partial charge in [0.25, 0.3) is 0 Å². The van der Waals surface area contributed by atoms with Crippen LogP contribution in [0.2, 0.25) is 0 Å². The number of carbonyl (C=O) groups excluding carboxylic acids is 1. The molecule has 1 unspecified atom stereocenters. The van der Waals surface area contributed by atoms with Crippen LogP contribution < -0.4 is 9.64 Å². The van der Waals surface area contributed by atoms with E-state index in [4.69, 9.17) is 14.6 Å². The van der Waals surface area contributed by atoms with Crippen molar-refractivity contribution in [1.29, 1.82) is 0 Å². The molecule has 0 aromatic heterocycles. The van der Waals surface area contributed by atoms with Crippen LogP contribution in [0, 0.1) is 0 Å². The van der Waals surface area contributed by atoms with E-state index in [1.54, 1.807) is 12.0 Å². The van der Waals surface area contributed by atoms with Crippen LogP contribution in [0.1, 0.15) is 31.7 Å². The van der Waals surface area contributed by atoms with Crippen LogP contribution in [-0.2, 0) is 16.0 Å². The summed E-state index contributed by atoms with van der Waals surface area (Å²) in [6.45, 7) is 1.91. The van der Waals surface area contributed by atoms with Gasteiger partial charge in [-0.3, -0.25) is 9.69 Å². The number of hydrogen-bond acceptors (Lipinski definition) is 4. The van der Waals surface area contributed by atoms with Gasteiger partial charge in [0.2, 0.25) is 0 Å². The highest BCUT2D eigenvalue weighted by Crippen LogP contribution is 2.34. The molecule has 0 fully saturated rings. The number of hydrogen-bond donors (Lipinski definition) is 1. The Bertz CT molecular complexity index is 557. The maximum Gasteiger partial charge on any atom is 0.414 e.